The number of Topliss-reactive ketones (excluding diaryl/α,β-unsaturated/α-hetero) is 1. The van der Waals surface area contributed by atoms with Crippen molar-refractivity contribution in [2.45, 2.75) is 49.7 Å². The quantitative estimate of drug-likeness (QED) is 0.556. The van der Waals surface area contributed by atoms with Crippen molar-refractivity contribution in [2.75, 3.05) is 13.7 Å². The molecule has 1 saturated carbocycles. The first-order valence-corrected chi connectivity index (χ1v) is 8.17. The summed E-state index contributed by atoms with van der Waals surface area (Å²) in [6.45, 7) is 0.966. The molecule has 1 saturated heterocycles. The minimum Gasteiger partial charge on any atom is -0.456 e. The molecule has 5 atom stereocenters. The zero-order chi connectivity index (χ0) is 19.1. The van der Waals surface area contributed by atoms with Gasteiger partial charge in [0, 0.05) is 25.8 Å². The van der Waals surface area contributed by atoms with Gasteiger partial charge in [0.05, 0.1) is 13.0 Å². The second-order valence-corrected chi connectivity index (χ2v) is 6.41. The highest BCUT2D eigenvalue weighted by atomic mass is 16.7. The number of hydrogen-bond acceptors (Lipinski definition) is 8. The number of nitrogens with one attached hydrogen (secondary N) is 1. The van der Waals surface area contributed by atoms with Gasteiger partial charge in [0.2, 0.25) is 0 Å². The maximum absolute atomic E-state index is 12.1. The van der Waals surface area contributed by atoms with Gasteiger partial charge in [-0.15, -0.1) is 0 Å². The molecular weight excluding hydrogens is 348 g/mol. The fraction of sp³-hybridized carbons (Fsp3) is 0.625. The van der Waals surface area contributed by atoms with Crippen molar-refractivity contribution >= 4 is 11.8 Å². The van der Waals surface area contributed by atoms with Crippen LogP contribution in [0.5, 0.6) is 0 Å². The molecule has 0 amide bonds. The van der Waals surface area contributed by atoms with Crippen LogP contribution in [0.2, 0.25) is 0 Å². The molecule has 3 rings (SSSR count). The third kappa shape index (κ3) is 2.89. The molecule has 0 spiro atoms. The zero-order valence-electron chi connectivity index (χ0n) is 14.3. The Kier molecular flexibility index (Phi) is 4.82. The van der Waals surface area contributed by atoms with E-state index in [4.69, 9.17) is 14.2 Å². The van der Waals surface area contributed by atoms with E-state index >= 15 is 0 Å². The molecule has 2 N–H and O–H groups in total. The topological polar surface area (TPSA) is 137 Å². The number of methoxy groups -OCH3 is 1. The van der Waals surface area contributed by atoms with Gasteiger partial charge in [-0.25, -0.2) is 4.79 Å². The summed E-state index contributed by atoms with van der Waals surface area (Å²) in [4.78, 5) is 48.6. The number of aromatic nitrogens is 2. The smallest absolute Gasteiger partial charge is 0.328 e. The van der Waals surface area contributed by atoms with E-state index in [1.807, 2.05) is 0 Å². The van der Waals surface area contributed by atoms with E-state index in [2.05, 4.69) is 4.98 Å². The summed E-state index contributed by atoms with van der Waals surface area (Å²) in [7, 11) is 1.39. The van der Waals surface area contributed by atoms with Gasteiger partial charge >= 0.3 is 11.7 Å². The molecule has 10 heteroatoms. The summed E-state index contributed by atoms with van der Waals surface area (Å²) >= 11 is 0. The van der Waals surface area contributed by atoms with Crippen molar-refractivity contribution in [1.82, 2.24) is 9.55 Å². The predicted molar refractivity (Wildman–Crippen MR) is 85.6 cm³/mol. The number of nitrogens with zero attached hydrogens (tertiary/aromatic N) is 1. The summed E-state index contributed by atoms with van der Waals surface area (Å²) in [5.41, 5.74) is -2.33. The summed E-state index contributed by atoms with van der Waals surface area (Å²) in [5.74, 6) is -0.768. The van der Waals surface area contributed by atoms with Crippen LogP contribution in [0, 0.1) is 0 Å². The van der Waals surface area contributed by atoms with E-state index < -0.39 is 53.8 Å². The molecule has 0 radical (unpaired) electrons. The lowest BCUT2D eigenvalue weighted by atomic mass is 10.1. The number of fused-ring (bicyclic) bond motifs is 1. The number of ketones is 1. The Morgan fingerprint density at radius 3 is 2.69 bits per heavy atom. The van der Waals surface area contributed by atoms with Crippen LogP contribution >= 0.6 is 0 Å². The average Bonchev–Trinajstić information content (AvgIpc) is 3.12. The third-order valence-corrected chi connectivity index (χ3v) is 4.81. The van der Waals surface area contributed by atoms with Crippen molar-refractivity contribution in [1.29, 1.82) is 0 Å². The first-order valence-electron chi connectivity index (χ1n) is 8.17. The van der Waals surface area contributed by atoms with Crippen LogP contribution in [-0.4, -0.2) is 64.0 Å². The fourth-order valence-electron chi connectivity index (χ4n) is 3.54. The van der Waals surface area contributed by atoms with Crippen LogP contribution in [0.3, 0.4) is 0 Å². The maximum atomic E-state index is 12.1. The molecule has 1 aromatic heterocycles. The summed E-state index contributed by atoms with van der Waals surface area (Å²) < 4.78 is 18.0. The van der Waals surface area contributed by atoms with Gasteiger partial charge in [-0.1, -0.05) is 0 Å². The molecule has 2 aliphatic rings. The van der Waals surface area contributed by atoms with E-state index in [1.54, 1.807) is 0 Å². The molecule has 3 unspecified atom stereocenters. The maximum Gasteiger partial charge on any atom is 0.328 e. The molecule has 2 fully saturated rings. The Morgan fingerprint density at radius 1 is 1.38 bits per heavy atom. The fourth-order valence-corrected chi connectivity index (χ4v) is 3.54. The first kappa shape index (κ1) is 18.5. The van der Waals surface area contributed by atoms with Crippen LogP contribution in [0.1, 0.15) is 25.8 Å². The SMILES string of the molecule is COC12C(OC(=O)CCC(C)=O)[C@@H](CO)OC1[C@H]2n1ccc(=O)[nH]c1=O. The van der Waals surface area contributed by atoms with E-state index in [0.29, 0.717) is 0 Å². The second kappa shape index (κ2) is 6.78. The average molecular weight is 368 g/mol. The molecule has 10 nitrogen and oxygen atoms in total. The lowest BCUT2D eigenvalue weighted by Gasteiger charge is -2.28. The normalized spacial score (nSPS) is 32.1. The van der Waals surface area contributed by atoms with Gasteiger partial charge in [0.1, 0.15) is 24.0 Å². The highest BCUT2D eigenvalue weighted by molar-refractivity contribution is 5.81. The highest BCUT2D eigenvalue weighted by Crippen LogP contribution is 2.61. The van der Waals surface area contributed by atoms with Gasteiger partial charge in [0.25, 0.3) is 5.56 Å². The minimum atomic E-state index is -1.15. The predicted octanol–water partition coefficient (Wildman–Crippen LogP) is -1.48. The zero-order valence-corrected chi connectivity index (χ0v) is 14.3. The van der Waals surface area contributed by atoms with Crippen molar-refractivity contribution in [3.63, 3.8) is 0 Å². The molecule has 26 heavy (non-hydrogen) atoms. The van der Waals surface area contributed by atoms with Crippen molar-refractivity contribution in [3.8, 4) is 0 Å². The van der Waals surface area contributed by atoms with Gasteiger partial charge in [-0.05, 0) is 6.92 Å². The van der Waals surface area contributed by atoms with Crippen LogP contribution in [-0.2, 0) is 23.8 Å². The summed E-state index contributed by atoms with van der Waals surface area (Å²) in [6.07, 6.45) is -1.13. The van der Waals surface area contributed by atoms with E-state index in [1.165, 1.54) is 30.9 Å². The Hall–Kier alpha value is -2.30. The van der Waals surface area contributed by atoms with Gasteiger partial charge in [0.15, 0.2) is 11.7 Å². The minimum absolute atomic E-state index is 0.0441. The van der Waals surface area contributed by atoms with Crippen molar-refractivity contribution in [3.05, 3.63) is 33.1 Å². The molecule has 2 heterocycles. The van der Waals surface area contributed by atoms with E-state index in [-0.39, 0.29) is 18.6 Å². The molecule has 1 aromatic rings. The molecule has 0 aromatic carbocycles. The number of ether oxygens (including phenoxy) is 3. The summed E-state index contributed by atoms with van der Waals surface area (Å²) in [5, 5.41) is 9.52. The number of H-pyrrole nitrogens is 1. The third-order valence-electron chi connectivity index (χ3n) is 4.81. The number of aromatic amines is 1. The van der Waals surface area contributed by atoms with Crippen molar-refractivity contribution < 1.29 is 28.9 Å². The number of carbonyl (C=O) groups excluding carboxylic acids is 2. The van der Waals surface area contributed by atoms with E-state index in [9.17, 15) is 24.3 Å². The Balaban J connectivity index is 1.85. The van der Waals surface area contributed by atoms with Gasteiger partial charge < -0.3 is 24.1 Å². The number of aliphatic hydroxyl groups is 1. The van der Waals surface area contributed by atoms with Gasteiger partial charge in [-0.3, -0.25) is 19.1 Å². The monoisotopic (exact) mass is 368 g/mol. The molecule has 0 bridgehead atoms. The largest absolute Gasteiger partial charge is 0.456 e. The molecular formula is C16H20N2O8. The number of carbonyl (C=O) groups is 2. The van der Waals surface area contributed by atoms with Crippen LogP contribution in [0.15, 0.2) is 21.9 Å². The summed E-state index contributed by atoms with van der Waals surface area (Å²) in [6, 6.07) is 0.571. The Bertz CT molecular complexity index is 830. The van der Waals surface area contributed by atoms with Gasteiger partial charge in [-0.2, -0.15) is 0 Å². The molecule has 1 aliphatic carbocycles. The standard InChI is InChI=1S/C16H20N2O8/c1-8(20)3-4-11(22)26-13-9(7-19)25-14-12(16(13,14)24-2)18-6-5-10(21)17-15(18)23/h5-6,9,12-14,19H,3-4,7H2,1-2H3,(H,17,21,23)/t9-,12-,13?,14?,16?/m1/s1. The lowest BCUT2D eigenvalue weighted by Crippen LogP contribution is -2.45. The van der Waals surface area contributed by atoms with Crippen LogP contribution in [0.4, 0.5) is 0 Å². The number of hydrogen-bond donors (Lipinski definition) is 2. The Morgan fingerprint density at radius 2 is 2.12 bits per heavy atom. The number of aliphatic hydroxyl groups excluding tert-OH is 1. The first-order chi connectivity index (χ1) is 12.3. The number of rotatable bonds is 7. The number of esters is 1. The lowest BCUT2D eigenvalue weighted by molar-refractivity contribution is -0.165. The Labute approximate surface area is 147 Å². The molecule has 1 aliphatic heterocycles. The van der Waals surface area contributed by atoms with E-state index in [0.717, 1.165) is 0 Å². The molecule has 142 valence electrons. The highest BCUT2D eigenvalue weighted by Gasteiger charge is 2.80. The van der Waals surface area contributed by atoms with Crippen LogP contribution < -0.4 is 11.2 Å². The second-order valence-electron chi connectivity index (χ2n) is 6.41. The van der Waals surface area contributed by atoms with Crippen LogP contribution in [0.25, 0.3) is 0 Å². The van der Waals surface area contributed by atoms with Crippen molar-refractivity contribution in [2.24, 2.45) is 0 Å².